The number of aromatic nitrogens is 1. The van der Waals surface area contributed by atoms with Crippen LogP contribution in [-0.4, -0.2) is 47.1 Å². The maximum atomic E-state index is 12.5. The minimum Gasteiger partial charge on any atom is -0.350 e. The van der Waals surface area contributed by atoms with E-state index in [0.717, 1.165) is 31.9 Å². The van der Waals surface area contributed by atoms with Gasteiger partial charge in [-0.1, -0.05) is 0 Å². The van der Waals surface area contributed by atoms with Gasteiger partial charge in [-0.15, -0.1) is 0 Å². The van der Waals surface area contributed by atoms with Gasteiger partial charge in [0, 0.05) is 44.6 Å². The van der Waals surface area contributed by atoms with Crippen molar-refractivity contribution in [1.29, 1.82) is 0 Å². The highest BCUT2D eigenvalue weighted by Gasteiger charge is 2.34. The van der Waals surface area contributed by atoms with E-state index in [1.807, 2.05) is 20.9 Å². The molecule has 20 heavy (non-hydrogen) atoms. The Kier molecular flexibility index (Phi) is 4.50. The average Bonchev–Trinajstić information content (AvgIpc) is 2.77. The summed E-state index contributed by atoms with van der Waals surface area (Å²) in [6.07, 6.45) is 0. The fourth-order valence-electron chi connectivity index (χ4n) is 2.60. The molecule has 0 unspecified atom stereocenters. The van der Waals surface area contributed by atoms with E-state index in [1.54, 1.807) is 0 Å². The minimum absolute atomic E-state index is 0.0956. The molecule has 0 spiro atoms. The van der Waals surface area contributed by atoms with Gasteiger partial charge in [0.25, 0.3) is 0 Å². The predicted octanol–water partition coefficient (Wildman–Crippen LogP) is 0.634. The molecule has 0 bridgehead atoms. The van der Waals surface area contributed by atoms with Crippen molar-refractivity contribution in [3.8, 4) is 0 Å². The van der Waals surface area contributed by atoms with Gasteiger partial charge in [0.05, 0.1) is 12.1 Å². The van der Waals surface area contributed by atoms with Crippen molar-refractivity contribution >= 4 is 5.91 Å². The number of amides is 1. The lowest BCUT2D eigenvalue weighted by molar-refractivity contribution is -0.132. The van der Waals surface area contributed by atoms with E-state index in [1.165, 1.54) is 5.69 Å². The number of hydrogen-bond donors (Lipinski definition) is 2. The standard InChI is InChI=1S/C15H26N4O/c1-12-5-6-13(18(12)4)11-17-14(20)15(2,3)19-9-7-16-8-10-19/h5-6,16H,7-11H2,1-4H3,(H,17,20). The van der Waals surface area contributed by atoms with E-state index in [2.05, 4.69) is 39.2 Å². The summed E-state index contributed by atoms with van der Waals surface area (Å²) in [7, 11) is 2.03. The summed E-state index contributed by atoms with van der Waals surface area (Å²) in [5.74, 6) is 0.0956. The Morgan fingerprint density at radius 2 is 2.00 bits per heavy atom. The number of carbonyl (C=O) groups excluding carboxylic acids is 1. The number of nitrogens with zero attached hydrogens (tertiary/aromatic N) is 2. The molecule has 5 heteroatoms. The first-order valence-electron chi connectivity index (χ1n) is 7.28. The molecule has 112 valence electrons. The van der Waals surface area contributed by atoms with Crippen LogP contribution < -0.4 is 10.6 Å². The molecule has 1 aliphatic heterocycles. The quantitative estimate of drug-likeness (QED) is 0.849. The highest BCUT2D eigenvalue weighted by molar-refractivity contribution is 5.85. The van der Waals surface area contributed by atoms with Gasteiger partial charge in [-0.3, -0.25) is 9.69 Å². The van der Waals surface area contributed by atoms with Crippen LogP contribution in [0.2, 0.25) is 0 Å². The highest BCUT2D eigenvalue weighted by Crippen LogP contribution is 2.15. The monoisotopic (exact) mass is 278 g/mol. The first-order valence-corrected chi connectivity index (χ1v) is 7.28. The Morgan fingerprint density at radius 1 is 1.35 bits per heavy atom. The Bertz CT molecular complexity index is 472. The molecule has 2 N–H and O–H groups in total. The zero-order valence-electron chi connectivity index (χ0n) is 13.0. The lowest BCUT2D eigenvalue weighted by Gasteiger charge is -2.39. The van der Waals surface area contributed by atoms with E-state index in [4.69, 9.17) is 0 Å². The van der Waals surface area contributed by atoms with Crippen LogP contribution in [0, 0.1) is 6.92 Å². The third-order valence-electron chi connectivity index (χ3n) is 4.37. The molecule has 1 saturated heterocycles. The SMILES string of the molecule is Cc1ccc(CNC(=O)C(C)(C)N2CCNCC2)n1C. The summed E-state index contributed by atoms with van der Waals surface area (Å²) in [6, 6.07) is 4.14. The van der Waals surface area contributed by atoms with Crippen LogP contribution in [0.15, 0.2) is 12.1 Å². The first kappa shape index (κ1) is 15.1. The Morgan fingerprint density at radius 3 is 2.55 bits per heavy atom. The molecular weight excluding hydrogens is 252 g/mol. The van der Waals surface area contributed by atoms with Crippen LogP contribution in [0.3, 0.4) is 0 Å². The summed E-state index contributed by atoms with van der Waals surface area (Å²) in [5, 5.41) is 6.39. The maximum Gasteiger partial charge on any atom is 0.240 e. The van der Waals surface area contributed by atoms with Crippen molar-refractivity contribution in [3.63, 3.8) is 0 Å². The average molecular weight is 278 g/mol. The predicted molar refractivity (Wildman–Crippen MR) is 80.5 cm³/mol. The van der Waals surface area contributed by atoms with E-state index in [9.17, 15) is 4.79 Å². The third-order valence-corrected chi connectivity index (χ3v) is 4.37. The van der Waals surface area contributed by atoms with E-state index in [-0.39, 0.29) is 5.91 Å². The van der Waals surface area contributed by atoms with Gasteiger partial charge in [-0.2, -0.15) is 0 Å². The van der Waals surface area contributed by atoms with Crippen molar-refractivity contribution in [2.24, 2.45) is 7.05 Å². The largest absolute Gasteiger partial charge is 0.350 e. The highest BCUT2D eigenvalue weighted by atomic mass is 16.2. The number of aryl methyl sites for hydroxylation is 1. The van der Waals surface area contributed by atoms with Gasteiger partial charge in [0.1, 0.15) is 0 Å². The molecule has 1 aromatic heterocycles. The smallest absolute Gasteiger partial charge is 0.240 e. The molecule has 1 fully saturated rings. The van der Waals surface area contributed by atoms with Gasteiger partial charge >= 0.3 is 0 Å². The molecule has 2 rings (SSSR count). The summed E-state index contributed by atoms with van der Waals surface area (Å²) in [6.45, 7) is 10.4. The maximum absolute atomic E-state index is 12.5. The molecular formula is C15H26N4O. The van der Waals surface area contributed by atoms with Crippen LogP contribution in [0.25, 0.3) is 0 Å². The summed E-state index contributed by atoms with van der Waals surface area (Å²) >= 11 is 0. The summed E-state index contributed by atoms with van der Waals surface area (Å²) in [4.78, 5) is 14.7. The lowest BCUT2D eigenvalue weighted by Crippen LogP contribution is -2.59. The van der Waals surface area contributed by atoms with E-state index >= 15 is 0 Å². The van der Waals surface area contributed by atoms with Crippen molar-refractivity contribution < 1.29 is 4.79 Å². The molecule has 1 amide bonds. The van der Waals surface area contributed by atoms with Crippen molar-refractivity contribution in [2.45, 2.75) is 32.9 Å². The van der Waals surface area contributed by atoms with Gasteiger partial charge in [-0.05, 0) is 32.9 Å². The Balaban J connectivity index is 1.94. The number of piperazine rings is 1. The second-order valence-corrected chi connectivity index (χ2v) is 6.00. The minimum atomic E-state index is -0.456. The third kappa shape index (κ3) is 3.04. The zero-order valence-corrected chi connectivity index (χ0v) is 13.0. The van der Waals surface area contributed by atoms with Crippen LogP contribution in [0.5, 0.6) is 0 Å². The first-order chi connectivity index (χ1) is 9.43. The van der Waals surface area contributed by atoms with Crippen LogP contribution in [0.1, 0.15) is 25.2 Å². The second-order valence-electron chi connectivity index (χ2n) is 6.00. The summed E-state index contributed by atoms with van der Waals surface area (Å²) in [5.41, 5.74) is 1.88. The molecule has 1 aliphatic rings. The molecule has 0 saturated carbocycles. The molecule has 0 aliphatic carbocycles. The molecule has 0 atom stereocenters. The second kappa shape index (κ2) is 5.97. The number of hydrogen-bond acceptors (Lipinski definition) is 3. The number of nitrogens with one attached hydrogen (secondary N) is 2. The van der Waals surface area contributed by atoms with Crippen LogP contribution in [-0.2, 0) is 18.4 Å². The molecule has 2 heterocycles. The molecule has 1 aromatic rings. The van der Waals surface area contributed by atoms with Crippen LogP contribution >= 0.6 is 0 Å². The lowest BCUT2D eigenvalue weighted by atomic mass is 10.0. The zero-order chi connectivity index (χ0) is 14.8. The van der Waals surface area contributed by atoms with Crippen molar-refractivity contribution in [3.05, 3.63) is 23.5 Å². The number of rotatable bonds is 4. The van der Waals surface area contributed by atoms with Crippen LogP contribution in [0.4, 0.5) is 0 Å². The molecule has 5 nitrogen and oxygen atoms in total. The van der Waals surface area contributed by atoms with Gasteiger partial charge < -0.3 is 15.2 Å². The van der Waals surface area contributed by atoms with Gasteiger partial charge in [-0.25, -0.2) is 0 Å². The number of carbonyl (C=O) groups is 1. The molecule has 0 aromatic carbocycles. The van der Waals surface area contributed by atoms with Gasteiger partial charge in [0.15, 0.2) is 0 Å². The normalized spacial score (nSPS) is 17.2. The summed E-state index contributed by atoms with van der Waals surface area (Å²) < 4.78 is 2.11. The Labute approximate surface area is 121 Å². The van der Waals surface area contributed by atoms with E-state index in [0.29, 0.717) is 6.54 Å². The van der Waals surface area contributed by atoms with E-state index < -0.39 is 5.54 Å². The Hall–Kier alpha value is -1.33. The molecule has 0 radical (unpaired) electrons. The van der Waals surface area contributed by atoms with Gasteiger partial charge in [0.2, 0.25) is 5.91 Å². The van der Waals surface area contributed by atoms with Crippen molar-refractivity contribution in [2.75, 3.05) is 26.2 Å². The fraction of sp³-hybridized carbons (Fsp3) is 0.667. The van der Waals surface area contributed by atoms with Crippen molar-refractivity contribution in [1.82, 2.24) is 20.1 Å². The fourth-order valence-corrected chi connectivity index (χ4v) is 2.60. The topological polar surface area (TPSA) is 49.3 Å².